The van der Waals surface area contributed by atoms with Crippen molar-refractivity contribution < 1.29 is 14.4 Å². The molecule has 1 atom stereocenters. The molecule has 156 valence electrons. The zero-order chi connectivity index (χ0) is 20.4. The number of carbonyl (C=O) groups excluding carboxylic acids is 3. The van der Waals surface area contributed by atoms with Crippen LogP contribution in [0.25, 0.3) is 0 Å². The molecule has 2 aliphatic heterocycles. The summed E-state index contributed by atoms with van der Waals surface area (Å²) in [5.74, 6) is -0.104. The van der Waals surface area contributed by atoms with E-state index in [2.05, 4.69) is 17.1 Å². The molecule has 1 saturated carbocycles. The van der Waals surface area contributed by atoms with Crippen molar-refractivity contribution in [1.82, 2.24) is 15.1 Å². The number of rotatable bonds is 6. The molecular formula is C22H30N4O3. The van der Waals surface area contributed by atoms with Crippen LogP contribution in [0.5, 0.6) is 0 Å². The minimum Gasteiger partial charge on any atom is -0.352 e. The molecular weight excluding hydrogens is 368 g/mol. The highest BCUT2D eigenvalue weighted by molar-refractivity contribution is 6.00. The van der Waals surface area contributed by atoms with E-state index in [0.29, 0.717) is 45.3 Å². The number of hydrogen-bond acceptors (Lipinski definition) is 4. The minimum absolute atomic E-state index is 0.0274. The van der Waals surface area contributed by atoms with E-state index < -0.39 is 0 Å². The molecule has 1 aliphatic carbocycles. The molecule has 0 spiro atoms. The van der Waals surface area contributed by atoms with E-state index in [4.69, 9.17) is 0 Å². The fourth-order valence-electron chi connectivity index (χ4n) is 4.27. The van der Waals surface area contributed by atoms with Crippen LogP contribution in [-0.4, -0.2) is 72.8 Å². The summed E-state index contributed by atoms with van der Waals surface area (Å²) in [6, 6.07) is 8.31. The first-order chi connectivity index (χ1) is 14.0. The predicted octanol–water partition coefficient (Wildman–Crippen LogP) is 1.02. The highest BCUT2D eigenvalue weighted by Gasteiger charge is 2.38. The van der Waals surface area contributed by atoms with Crippen LogP contribution in [0.2, 0.25) is 0 Å². The van der Waals surface area contributed by atoms with Gasteiger partial charge in [0.1, 0.15) is 0 Å². The van der Waals surface area contributed by atoms with Crippen molar-refractivity contribution in [3.8, 4) is 0 Å². The van der Waals surface area contributed by atoms with Gasteiger partial charge in [0.05, 0.1) is 12.5 Å². The molecule has 0 bridgehead atoms. The fraction of sp³-hybridized carbons (Fsp3) is 0.591. The maximum Gasteiger partial charge on any atom is 0.234 e. The van der Waals surface area contributed by atoms with E-state index in [9.17, 15) is 14.4 Å². The SMILES string of the molecule is CCc1ccccc1N1C[C@H](C(=O)N2CCN(CC(=O)NC3CC3)CC2)CC1=O. The van der Waals surface area contributed by atoms with E-state index in [0.717, 1.165) is 30.5 Å². The average molecular weight is 399 g/mol. The van der Waals surface area contributed by atoms with Crippen LogP contribution in [0, 0.1) is 5.92 Å². The predicted molar refractivity (Wildman–Crippen MR) is 110 cm³/mol. The van der Waals surface area contributed by atoms with Crippen molar-refractivity contribution >= 4 is 23.4 Å². The lowest BCUT2D eigenvalue weighted by molar-refractivity contribution is -0.137. The molecule has 4 rings (SSSR count). The molecule has 7 heteroatoms. The Kier molecular flexibility index (Phi) is 5.85. The van der Waals surface area contributed by atoms with Crippen LogP contribution in [0.4, 0.5) is 5.69 Å². The Morgan fingerprint density at radius 1 is 1.10 bits per heavy atom. The number of nitrogens with one attached hydrogen (secondary N) is 1. The number of aryl methyl sites for hydroxylation is 1. The number of carbonyl (C=O) groups is 3. The first kappa shape index (κ1) is 19.9. The Morgan fingerprint density at radius 3 is 2.52 bits per heavy atom. The summed E-state index contributed by atoms with van der Waals surface area (Å²) in [5, 5.41) is 3.01. The molecule has 0 aromatic heterocycles. The van der Waals surface area contributed by atoms with Gasteiger partial charge in [-0.3, -0.25) is 19.3 Å². The van der Waals surface area contributed by atoms with E-state index in [1.807, 2.05) is 29.2 Å². The molecule has 3 aliphatic rings. The molecule has 1 N–H and O–H groups in total. The van der Waals surface area contributed by atoms with Crippen molar-refractivity contribution in [2.24, 2.45) is 5.92 Å². The van der Waals surface area contributed by atoms with Crippen molar-refractivity contribution in [3.05, 3.63) is 29.8 Å². The van der Waals surface area contributed by atoms with Gasteiger partial charge in [-0.05, 0) is 30.9 Å². The van der Waals surface area contributed by atoms with Crippen LogP contribution < -0.4 is 10.2 Å². The molecule has 0 radical (unpaired) electrons. The standard InChI is InChI=1S/C22H30N4O3/c1-2-16-5-3-4-6-19(16)26-14-17(13-21(26)28)22(29)25-11-9-24(10-12-25)15-20(27)23-18-7-8-18/h3-6,17-18H,2,7-15H2,1H3,(H,23,27)/t17-/m1/s1. The number of anilines is 1. The molecule has 2 saturated heterocycles. The maximum absolute atomic E-state index is 13.0. The summed E-state index contributed by atoms with van der Waals surface area (Å²) in [5.41, 5.74) is 2.06. The number of benzene rings is 1. The Morgan fingerprint density at radius 2 is 1.83 bits per heavy atom. The van der Waals surface area contributed by atoms with Crippen LogP contribution in [0.3, 0.4) is 0 Å². The van der Waals surface area contributed by atoms with E-state index in [-0.39, 0.29) is 30.1 Å². The Bertz CT molecular complexity index is 784. The second kappa shape index (κ2) is 8.53. The summed E-state index contributed by atoms with van der Waals surface area (Å²) in [6.07, 6.45) is 3.32. The quantitative estimate of drug-likeness (QED) is 0.777. The lowest BCUT2D eigenvalue weighted by Crippen LogP contribution is -2.52. The smallest absolute Gasteiger partial charge is 0.234 e. The second-order valence-corrected chi connectivity index (χ2v) is 8.33. The highest BCUT2D eigenvalue weighted by Crippen LogP contribution is 2.29. The molecule has 1 aromatic rings. The van der Waals surface area contributed by atoms with E-state index in [1.54, 1.807) is 4.90 Å². The van der Waals surface area contributed by atoms with Gasteiger partial charge in [0.2, 0.25) is 17.7 Å². The second-order valence-electron chi connectivity index (χ2n) is 8.33. The first-order valence-corrected chi connectivity index (χ1v) is 10.7. The largest absolute Gasteiger partial charge is 0.352 e. The Hall–Kier alpha value is -2.41. The normalized spacial score (nSPS) is 22.8. The average Bonchev–Trinajstić information content (AvgIpc) is 3.46. The highest BCUT2D eigenvalue weighted by atomic mass is 16.2. The first-order valence-electron chi connectivity index (χ1n) is 10.7. The summed E-state index contributed by atoms with van der Waals surface area (Å²) < 4.78 is 0. The third-order valence-electron chi connectivity index (χ3n) is 6.13. The molecule has 3 amide bonds. The Balaban J connectivity index is 1.30. The van der Waals surface area contributed by atoms with Gasteiger partial charge in [-0.15, -0.1) is 0 Å². The third-order valence-corrected chi connectivity index (χ3v) is 6.13. The van der Waals surface area contributed by atoms with Crippen LogP contribution in [0.15, 0.2) is 24.3 Å². The zero-order valence-electron chi connectivity index (χ0n) is 17.1. The molecule has 7 nitrogen and oxygen atoms in total. The van der Waals surface area contributed by atoms with E-state index >= 15 is 0 Å². The Labute approximate surface area is 172 Å². The van der Waals surface area contributed by atoms with Gasteiger partial charge in [-0.1, -0.05) is 25.1 Å². The summed E-state index contributed by atoms with van der Waals surface area (Å²) in [7, 11) is 0. The number of hydrogen-bond donors (Lipinski definition) is 1. The van der Waals surface area contributed by atoms with Crippen molar-refractivity contribution in [1.29, 1.82) is 0 Å². The zero-order valence-corrected chi connectivity index (χ0v) is 17.1. The number of amides is 3. The molecule has 29 heavy (non-hydrogen) atoms. The number of piperazine rings is 1. The number of para-hydroxylation sites is 1. The van der Waals surface area contributed by atoms with Crippen molar-refractivity contribution in [2.45, 2.75) is 38.6 Å². The lowest BCUT2D eigenvalue weighted by atomic mass is 10.1. The van der Waals surface area contributed by atoms with Gasteiger partial charge >= 0.3 is 0 Å². The maximum atomic E-state index is 13.0. The van der Waals surface area contributed by atoms with Gasteiger partial charge in [-0.2, -0.15) is 0 Å². The molecule has 0 unspecified atom stereocenters. The van der Waals surface area contributed by atoms with Crippen LogP contribution in [-0.2, 0) is 20.8 Å². The van der Waals surface area contributed by atoms with E-state index in [1.165, 1.54) is 0 Å². The van der Waals surface area contributed by atoms with Gasteiger partial charge < -0.3 is 15.1 Å². The third kappa shape index (κ3) is 4.61. The van der Waals surface area contributed by atoms with Crippen LogP contribution >= 0.6 is 0 Å². The fourth-order valence-corrected chi connectivity index (χ4v) is 4.27. The number of nitrogens with zero attached hydrogens (tertiary/aromatic N) is 3. The molecule has 1 aromatic carbocycles. The topological polar surface area (TPSA) is 73.0 Å². The summed E-state index contributed by atoms with van der Waals surface area (Å²) >= 11 is 0. The van der Waals surface area contributed by atoms with Crippen molar-refractivity contribution in [2.75, 3.05) is 44.2 Å². The van der Waals surface area contributed by atoms with Crippen LogP contribution in [0.1, 0.15) is 31.7 Å². The monoisotopic (exact) mass is 398 g/mol. The van der Waals surface area contributed by atoms with Gasteiger partial charge in [0.15, 0.2) is 0 Å². The van der Waals surface area contributed by atoms with Gasteiger partial charge in [-0.25, -0.2) is 0 Å². The summed E-state index contributed by atoms with van der Waals surface area (Å²) in [6.45, 7) is 5.57. The minimum atomic E-state index is -0.280. The van der Waals surface area contributed by atoms with Gasteiger partial charge in [0.25, 0.3) is 0 Å². The van der Waals surface area contributed by atoms with Gasteiger partial charge in [0, 0.05) is 50.9 Å². The molecule has 3 fully saturated rings. The van der Waals surface area contributed by atoms with Crippen molar-refractivity contribution in [3.63, 3.8) is 0 Å². The molecule has 2 heterocycles. The lowest BCUT2D eigenvalue weighted by Gasteiger charge is -2.35. The summed E-state index contributed by atoms with van der Waals surface area (Å²) in [4.78, 5) is 43.3.